The molecule has 0 unspecified atom stereocenters. The van der Waals surface area contributed by atoms with E-state index in [-0.39, 0.29) is 5.91 Å². The molecule has 128 valence electrons. The van der Waals surface area contributed by atoms with Gasteiger partial charge in [-0.15, -0.1) is 0 Å². The fourth-order valence-corrected chi connectivity index (χ4v) is 2.31. The molecule has 0 spiro atoms. The largest absolute Gasteiger partial charge is 0.497 e. The quantitative estimate of drug-likeness (QED) is 0.709. The van der Waals surface area contributed by atoms with Crippen molar-refractivity contribution in [3.05, 3.63) is 60.2 Å². The lowest BCUT2D eigenvalue weighted by Gasteiger charge is -2.05. The van der Waals surface area contributed by atoms with E-state index in [1.165, 1.54) is 0 Å². The zero-order valence-electron chi connectivity index (χ0n) is 13.8. The molecule has 25 heavy (non-hydrogen) atoms. The van der Waals surface area contributed by atoms with Crippen LogP contribution in [0.3, 0.4) is 0 Å². The minimum Gasteiger partial charge on any atom is -0.497 e. The first kappa shape index (κ1) is 16.6. The first-order valence-corrected chi connectivity index (χ1v) is 7.87. The van der Waals surface area contributed by atoms with E-state index in [2.05, 4.69) is 20.4 Å². The molecule has 3 aromatic rings. The monoisotopic (exact) mass is 338 g/mol. The van der Waals surface area contributed by atoms with Crippen molar-refractivity contribution in [3.8, 4) is 17.2 Å². The van der Waals surface area contributed by atoms with Gasteiger partial charge in [0.2, 0.25) is 5.91 Å². The minimum absolute atomic E-state index is 0.0655. The number of rotatable bonds is 7. The van der Waals surface area contributed by atoms with Gasteiger partial charge in [0, 0.05) is 25.4 Å². The number of aromatic nitrogens is 3. The molecule has 0 aliphatic rings. The molecule has 1 aromatic carbocycles. The molecule has 2 aromatic heterocycles. The maximum absolute atomic E-state index is 12.0. The third-order valence-electron chi connectivity index (χ3n) is 3.55. The third kappa shape index (κ3) is 4.63. The molecule has 0 aliphatic carbocycles. The van der Waals surface area contributed by atoms with Gasteiger partial charge in [-0.3, -0.25) is 9.78 Å². The molecule has 2 heterocycles. The highest BCUT2D eigenvalue weighted by Gasteiger charge is 2.09. The highest BCUT2D eigenvalue weighted by Crippen LogP contribution is 2.15. The minimum atomic E-state index is -0.0655. The number of benzene rings is 1. The van der Waals surface area contributed by atoms with Crippen LogP contribution in [0.4, 0.5) is 0 Å². The lowest BCUT2D eigenvalue weighted by Crippen LogP contribution is -2.27. The number of pyridine rings is 1. The molecular formula is C18H18N4O3. The first-order valence-electron chi connectivity index (χ1n) is 7.87. The van der Waals surface area contributed by atoms with Crippen molar-refractivity contribution in [2.45, 2.75) is 12.8 Å². The van der Waals surface area contributed by atoms with Crippen molar-refractivity contribution in [1.82, 2.24) is 20.4 Å². The average molecular weight is 338 g/mol. The molecule has 0 aliphatic heterocycles. The number of hydrogen-bond donors (Lipinski definition) is 1. The predicted molar refractivity (Wildman–Crippen MR) is 90.9 cm³/mol. The van der Waals surface area contributed by atoms with E-state index in [9.17, 15) is 4.79 Å². The number of amides is 1. The molecule has 1 N–H and O–H groups in total. The van der Waals surface area contributed by atoms with Gasteiger partial charge in [-0.05, 0) is 29.8 Å². The molecule has 3 rings (SSSR count). The number of carbonyl (C=O) groups excluding carboxylic acids is 1. The van der Waals surface area contributed by atoms with Crippen molar-refractivity contribution < 1.29 is 14.1 Å². The topological polar surface area (TPSA) is 90.1 Å². The van der Waals surface area contributed by atoms with Crippen molar-refractivity contribution in [2.75, 3.05) is 13.7 Å². The maximum Gasteiger partial charge on any atom is 0.259 e. The number of methoxy groups -OCH3 is 1. The molecule has 0 atom stereocenters. The average Bonchev–Trinajstić information content (AvgIpc) is 3.11. The summed E-state index contributed by atoms with van der Waals surface area (Å²) in [6.45, 7) is 0.439. The van der Waals surface area contributed by atoms with Crippen molar-refractivity contribution in [3.63, 3.8) is 0 Å². The van der Waals surface area contributed by atoms with Crippen LogP contribution >= 0.6 is 0 Å². The van der Waals surface area contributed by atoms with Crippen LogP contribution in [0, 0.1) is 0 Å². The highest BCUT2D eigenvalue weighted by molar-refractivity contribution is 5.78. The molecule has 0 saturated carbocycles. The molecule has 0 radical (unpaired) electrons. The summed E-state index contributed by atoms with van der Waals surface area (Å²) in [5, 5.41) is 6.77. The predicted octanol–water partition coefficient (Wildman–Crippen LogP) is 2.04. The molecular weight excluding hydrogens is 320 g/mol. The van der Waals surface area contributed by atoms with Crippen molar-refractivity contribution in [1.29, 1.82) is 0 Å². The summed E-state index contributed by atoms with van der Waals surface area (Å²) in [4.78, 5) is 20.3. The van der Waals surface area contributed by atoms with Crippen LogP contribution in [-0.2, 0) is 17.6 Å². The smallest absolute Gasteiger partial charge is 0.259 e. The maximum atomic E-state index is 12.0. The summed E-state index contributed by atoms with van der Waals surface area (Å²) in [5.74, 6) is 1.63. The van der Waals surface area contributed by atoms with Gasteiger partial charge in [0.25, 0.3) is 5.89 Å². The van der Waals surface area contributed by atoms with Gasteiger partial charge in [-0.1, -0.05) is 17.3 Å². The lowest BCUT2D eigenvalue weighted by molar-refractivity contribution is -0.120. The van der Waals surface area contributed by atoms with Gasteiger partial charge in [-0.2, -0.15) is 4.98 Å². The molecule has 0 fully saturated rings. The fraction of sp³-hybridized carbons (Fsp3) is 0.222. The Kier molecular flexibility index (Phi) is 5.36. The molecule has 1 amide bonds. The molecule has 7 nitrogen and oxygen atoms in total. The van der Waals surface area contributed by atoms with Crippen LogP contribution < -0.4 is 10.1 Å². The van der Waals surface area contributed by atoms with Gasteiger partial charge < -0.3 is 14.6 Å². The van der Waals surface area contributed by atoms with E-state index in [1.807, 2.05) is 30.3 Å². The number of nitrogens with one attached hydrogen (secondary N) is 1. The van der Waals surface area contributed by atoms with Crippen LogP contribution in [0.5, 0.6) is 5.75 Å². The van der Waals surface area contributed by atoms with Gasteiger partial charge >= 0.3 is 0 Å². The summed E-state index contributed by atoms with van der Waals surface area (Å²) in [7, 11) is 1.60. The van der Waals surface area contributed by atoms with Crippen LogP contribution in [0.15, 0.2) is 53.3 Å². The van der Waals surface area contributed by atoms with E-state index in [1.54, 1.807) is 25.6 Å². The Morgan fingerprint density at radius 1 is 1.28 bits per heavy atom. The normalized spacial score (nSPS) is 10.4. The second-order valence-electron chi connectivity index (χ2n) is 5.39. The zero-order valence-corrected chi connectivity index (χ0v) is 13.8. The lowest BCUT2D eigenvalue weighted by atomic mass is 10.1. The van der Waals surface area contributed by atoms with E-state index < -0.39 is 0 Å². The van der Waals surface area contributed by atoms with Gasteiger partial charge in [0.15, 0.2) is 5.82 Å². The van der Waals surface area contributed by atoms with E-state index in [0.717, 1.165) is 16.9 Å². The zero-order chi connectivity index (χ0) is 17.5. The molecule has 7 heteroatoms. The first-order chi connectivity index (χ1) is 12.2. The number of ether oxygens (including phenoxy) is 1. The van der Waals surface area contributed by atoms with Gasteiger partial charge in [-0.25, -0.2) is 0 Å². The fourth-order valence-electron chi connectivity index (χ4n) is 2.31. The Morgan fingerprint density at radius 2 is 2.20 bits per heavy atom. The van der Waals surface area contributed by atoms with Gasteiger partial charge in [0.1, 0.15) is 5.75 Å². The van der Waals surface area contributed by atoms with Gasteiger partial charge in [0.05, 0.1) is 19.1 Å². The highest BCUT2D eigenvalue weighted by atomic mass is 16.5. The van der Waals surface area contributed by atoms with Crippen LogP contribution in [0.25, 0.3) is 11.5 Å². The summed E-state index contributed by atoms with van der Waals surface area (Å²) in [6.07, 6.45) is 4.13. The Hall–Kier alpha value is -3.22. The summed E-state index contributed by atoms with van der Waals surface area (Å²) in [5.41, 5.74) is 1.67. The standard InChI is InChI=1S/C18H18N4O3/c1-24-15-6-2-4-13(10-15)11-17(23)20-9-7-16-21-18(25-22-16)14-5-3-8-19-12-14/h2-6,8,10,12H,7,9,11H2,1H3,(H,20,23). The van der Waals surface area contributed by atoms with Crippen molar-refractivity contribution in [2.24, 2.45) is 0 Å². The SMILES string of the molecule is COc1cccc(CC(=O)NCCc2noc(-c3cccnc3)n2)c1. The van der Waals surface area contributed by atoms with E-state index in [0.29, 0.717) is 31.1 Å². The summed E-state index contributed by atoms with van der Waals surface area (Å²) < 4.78 is 10.4. The molecule has 0 saturated heterocycles. The summed E-state index contributed by atoms with van der Waals surface area (Å²) >= 11 is 0. The van der Waals surface area contributed by atoms with Crippen LogP contribution in [0.1, 0.15) is 11.4 Å². The second kappa shape index (κ2) is 8.05. The van der Waals surface area contributed by atoms with Crippen LogP contribution in [-0.4, -0.2) is 34.7 Å². The third-order valence-corrected chi connectivity index (χ3v) is 3.55. The van der Waals surface area contributed by atoms with E-state index in [4.69, 9.17) is 9.26 Å². The number of hydrogen-bond acceptors (Lipinski definition) is 6. The number of carbonyl (C=O) groups is 1. The Morgan fingerprint density at radius 3 is 3.00 bits per heavy atom. The van der Waals surface area contributed by atoms with E-state index >= 15 is 0 Å². The Balaban J connectivity index is 1.48. The van der Waals surface area contributed by atoms with Crippen molar-refractivity contribution >= 4 is 5.91 Å². The Labute approximate surface area is 145 Å². The summed E-state index contributed by atoms with van der Waals surface area (Å²) in [6, 6.07) is 11.1. The molecule has 0 bridgehead atoms. The Bertz CT molecular complexity index is 833. The van der Waals surface area contributed by atoms with Crippen LogP contribution in [0.2, 0.25) is 0 Å². The number of nitrogens with zero attached hydrogens (tertiary/aromatic N) is 3. The second-order valence-corrected chi connectivity index (χ2v) is 5.39.